The first-order valence-corrected chi connectivity index (χ1v) is 9.20. The zero-order chi connectivity index (χ0) is 18.1. The number of anilines is 2. The van der Waals surface area contributed by atoms with Gasteiger partial charge in [-0.05, 0) is 44.2 Å². The summed E-state index contributed by atoms with van der Waals surface area (Å²) < 4.78 is 0. The number of hydrazine groups is 1. The Kier molecular flexibility index (Phi) is 4.61. The Morgan fingerprint density at radius 3 is 2.65 bits per heavy atom. The zero-order valence-electron chi connectivity index (χ0n) is 15.4. The molecule has 1 atom stereocenters. The van der Waals surface area contributed by atoms with Gasteiger partial charge in [0.25, 0.3) is 5.91 Å². The number of amides is 1. The van der Waals surface area contributed by atoms with Crippen molar-refractivity contribution in [1.82, 2.24) is 20.3 Å². The van der Waals surface area contributed by atoms with Gasteiger partial charge < -0.3 is 9.80 Å². The van der Waals surface area contributed by atoms with Gasteiger partial charge in [0.15, 0.2) is 0 Å². The third-order valence-electron chi connectivity index (χ3n) is 5.18. The van der Waals surface area contributed by atoms with Gasteiger partial charge in [-0.1, -0.05) is 24.3 Å². The molecule has 1 aromatic carbocycles. The lowest BCUT2D eigenvalue weighted by Gasteiger charge is -2.32. The molecule has 0 saturated carbocycles. The number of pyridine rings is 1. The van der Waals surface area contributed by atoms with Gasteiger partial charge in [-0.3, -0.25) is 10.2 Å². The second-order valence-electron chi connectivity index (χ2n) is 7.16. The number of rotatable bonds is 3. The lowest BCUT2D eigenvalue weighted by atomic mass is 10.1. The number of carbonyl (C=O) groups is 1. The number of aromatic nitrogens is 1. The predicted molar refractivity (Wildman–Crippen MR) is 103 cm³/mol. The highest BCUT2D eigenvalue weighted by atomic mass is 16.2. The summed E-state index contributed by atoms with van der Waals surface area (Å²) in [6, 6.07) is 14.4. The van der Waals surface area contributed by atoms with Gasteiger partial charge in [0.1, 0.15) is 11.5 Å². The molecule has 1 fully saturated rings. The molecule has 2 aliphatic rings. The van der Waals surface area contributed by atoms with E-state index in [1.54, 1.807) is 6.07 Å². The summed E-state index contributed by atoms with van der Waals surface area (Å²) in [5, 5.41) is 1.98. The van der Waals surface area contributed by atoms with E-state index in [2.05, 4.69) is 52.4 Å². The highest BCUT2D eigenvalue weighted by molar-refractivity contribution is 5.92. The third-order valence-corrected chi connectivity index (χ3v) is 5.18. The molecule has 1 aromatic heterocycles. The first kappa shape index (κ1) is 17.0. The van der Waals surface area contributed by atoms with Crippen molar-refractivity contribution >= 4 is 17.4 Å². The van der Waals surface area contributed by atoms with E-state index in [-0.39, 0.29) is 5.91 Å². The molecule has 1 amide bonds. The van der Waals surface area contributed by atoms with Crippen LogP contribution >= 0.6 is 0 Å². The summed E-state index contributed by atoms with van der Waals surface area (Å²) in [5.41, 5.74) is 5.96. The number of nitrogens with one attached hydrogen (secondary N) is 1. The molecule has 0 spiro atoms. The fourth-order valence-electron chi connectivity index (χ4n) is 3.72. The van der Waals surface area contributed by atoms with Crippen molar-refractivity contribution in [1.29, 1.82) is 0 Å². The van der Waals surface area contributed by atoms with Crippen molar-refractivity contribution in [2.75, 3.05) is 38.1 Å². The fraction of sp³-hybridized carbons (Fsp3) is 0.400. The average Bonchev–Trinajstić information content (AvgIpc) is 2.99. The number of hydrogen-bond acceptors (Lipinski definition) is 5. The molecule has 6 nitrogen and oxygen atoms in total. The zero-order valence-corrected chi connectivity index (χ0v) is 15.4. The number of fused-ring (bicyclic) bond motifs is 1. The van der Waals surface area contributed by atoms with Crippen molar-refractivity contribution in [3.63, 3.8) is 0 Å². The maximum absolute atomic E-state index is 12.6. The Hall–Kier alpha value is -2.44. The summed E-state index contributed by atoms with van der Waals surface area (Å²) in [4.78, 5) is 21.8. The van der Waals surface area contributed by atoms with Crippen LogP contribution in [0.1, 0.15) is 23.0 Å². The van der Waals surface area contributed by atoms with Crippen molar-refractivity contribution in [2.24, 2.45) is 0 Å². The van der Waals surface area contributed by atoms with Crippen LogP contribution in [0.15, 0.2) is 42.5 Å². The lowest BCUT2D eigenvalue weighted by Crippen LogP contribution is -2.52. The van der Waals surface area contributed by atoms with E-state index in [1.165, 1.54) is 11.3 Å². The van der Waals surface area contributed by atoms with E-state index >= 15 is 0 Å². The molecule has 2 aromatic rings. The molecule has 3 heterocycles. The molecule has 26 heavy (non-hydrogen) atoms. The molecule has 0 bridgehead atoms. The number of nitrogens with zero attached hydrogens (tertiary/aromatic N) is 4. The number of hydrogen-bond donors (Lipinski definition) is 1. The second kappa shape index (κ2) is 7.05. The highest BCUT2D eigenvalue weighted by Gasteiger charge is 2.28. The number of benzene rings is 1. The van der Waals surface area contributed by atoms with Crippen LogP contribution in [-0.2, 0) is 6.42 Å². The van der Waals surface area contributed by atoms with E-state index in [0.717, 1.165) is 38.4 Å². The van der Waals surface area contributed by atoms with Crippen LogP contribution in [0, 0.1) is 0 Å². The second-order valence-corrected chi connectivity index (χ2v) is 7.16. The monoisotopic (exact) mass is 351 g/mol. The quantitative estimate of drug-likeness (QED) is 0.917. The summed E-state index contributed by atoms with van der Waals surface area (Å²) >= 11 is 0. The molecule has 0 aliphatic carbocycles. The van der Waals surface area contributed by atoms with Crippen molar-refractivity contribution in [3.05, 3.63) is 53.7 Å². The van der Waals surface area contributed by atoms with Crippen LogP contribution < -0.4 is 10.3 Å². The van der Waals surface area contributed by atoms with Crippen molar-refractivity contribution in [3.8, 4) is 0 Å². The van der Waals surface area contributed by atoms with Crippen LogP contribution in [0.3, 0.4) is 0 Å². The van der Waals surface area contributed by atoms with E-state index in [9.17, 15) is 4.79 Å². The Labute approximate surface area is 154 Å². The maximum Gasteiger partial charge on any atom is 0.284 e. The van der Waals surface area contributed by atoms with E-state index in [0.29, 0.717) is 11.7 Å². The average molecular weight is 351 g/mol. The highest BCUT2D eigenvalue weighted by Crippen LogP contribution is 2.37. The fourth-order valence-corrected chi connectivity index (χ4v) is 3.72. The SMILES string of the molecule is CC1Cc2ccccc2N1c1cccc(C(=O)NN2CCN(C)CC2)n1. The summed E-state index contributed by atoms with van der Waals surface area (Å²) in [7, 11) is 2.10. The van der Waals surface area contributed by atoms with Crippen molar-refractivity contribution in [2.45, 2.75) is 19.4 Å². The summed E-state index contributed by atoms with van der Waals surface area (Å²) in [6.45, 7) is 5.77. The lowest BCUT2D eigenvalue weighted by molar-refractivity contribution is 0.0658. The van der Waals surface area contributed by atoms with Gasteiger partial charge in [-0.2, -0.15) is 0 Å². The van der Waals surface area contributed by atoms with Crippen LogP contribution in [0.25, 0.3) is 0 Å². The van der Waals surface area contributed by atoms with Crippen LogP contribution in [-0.4, -0.2) is 60.1 Å². The Morgan fingerprint density at radius 1 is 1.08 bits per heavy atom. The minimum Gasteiger partial charge on any atom is -0.323 e. The molecular formula is C20H25N5O. The van der Waals surface area contributed by atoms with Gasteiger partial charge in [0.05, 0.1) is 0 Å². The van der Waals surface area contributed by atoms with E-state index in [1.807, 2.05) is 23.2 Å². The third kappa shape index (κ3) is 3.30. The molecule has 4 rings (SSSR count). The van der Waals surface area contributed by atoms with Crippen LogP contribution in [0.5, 0.6) is 0 Å². The molecule has 1 N–H and O–H groups in total. The molecule has 0 radical (unpaired) electrons. The maximum atomic E-state index is 12.6. The van der Waals surface area contributed by atoms with Gasteiger partial charge in [0, 0.05) is 37.9 Å². The van der Waals surface area contributed by atoms with E-state index < -0.39 is 0 Å². The Balaban J connectivity index is 1.53. The first-order valence-electron chi connectivity index (χ1n) is 9.20. The number of carbonyl (C=O) groups excluding carboxylic acids is 1. The molecule has 2 aliphatic heterocycles. The Morgan fingerprint density at radius 2 is 1.85 bits per heavy atom. The number of likely N-dealkylation sites (N-methyl/N-ethyl adjacent to an activating group) is 1. The van der Waals surface area contributed by atoms with Crippen LogP contribution in [0.4, 0.5) is 11.5 Å². The van der Waals surface area contributed by atoms with Crippen LogP contribution in [0.2, 0.25) is 0 Å². The minimum atomic E-state index is -0.142. The molecule has 1 saturated heterocycles. The first-order chi connectivity index (χ1) is 12.6. The van der Waals surface area contributed by atoms with Gasteiger partial charge in [0.2, 0.25) is 0 Å². The van der Waals surface area contributed by atoms with E-state index in [4.69, 9.17) is 0 Å². The predicted octanol–water partition coefficient (Wildman–Crippen LogP) is 2.06. The standard InChI is InChI=1S/C20H25N5O/c1-15-14-16-6-3-4-8-18(16)25(15)19-9-5-7-17(21-19)20(26)22-24-12-10-23(2)11-13-24/h3-9,15H,10-14H2,1-2H3,(H,22,26). The Bertz CT molecular complexity index is 800. The summed E-state index contributed by atoms with van der Waals surface area (Å²) in [6.07, 6.45) is 0.996. The molecule has 136 valence electrons. The van der Waals surface area contributed by atoms with Gasteiger partial charge in [-0.15, -0.1) is 0 Å². The number of para-hydroxylation sites is 1. The van der Waals surface area contributed by atoms with Gasteiger partial charge in [-0.25, -0.2) is 9.99 Å². The largest absolute Gasteiger partial charge is 0.323 e. The molecule has 6 heteroatoms. The summed E-state index contributed by atoms with van der Waals surface area (Å²) in [5.74, 6) is 0.685. The number of piperazine rings is 1. The molecule has 1 unspecified atom stereocenters. The van der Waals surface area contributed by atoms with Crippen molar-refractivity contribution < 1.29 is 4.79 Å². The normalized spacial score (nSPS) is 20.8. The topological polar surface area (TPSA) is 51.7 Å². The smallest absolute Gasteiger partial charge is 0.284 e. The molecular weight excluding hydrogens is 326 g/mol. The minimum absolute atomic E-state index is 0.142. The van der Waals surface area contributed by atoms with Gasteiger partial charge >= 0.3 is 0 Å².